The van der Waals surface area contributed by atoms with Gasteiger partial charge in [-0.25, -0.2) is 4.79 Å². The predicted molar refractivity (Wildman–Crippen MR) is 149 cm³/mol. The van der Waals surface area contributed by atoms with Gasteiger partial charge in [-0.3, -0.25) is 9.59 Å². The first kappa shape index (κ1) is 27.7. The first-order chi connectivity index (χ1) is 16.8. The zero-order valence-corrected chi connectivity index (χ0v) is 23.4. The summed E-state index contributed by atoms with van der Waals surface area (Å²) in [6, 6.07) is 12.2. The van der Waals surface area contributed by atoms with E-state index in [2.05, 4.69) is 32.0 Å². The van der Waals surface area contributed by atoms with Crippen LogP contribution in [0.4, 0.5) is 0 Å². The highest BCUT2D eigenvalue weighted by Crippen LogP contribution is 2.31. The number of Topliss-reactive ketones (excluding diaryl/α,β-unsaturated/α-hetero) is 2. The molecule has 2 aromatic heterocycles. The van der Waals surface area contributed by atoms with Crippen molar-refractivity contribution in [2.45, 2.75) is 60.5 Å². The van der Waals surface area contributed by atoms with Crippen LogP contribution >= 0.6 is 22.7 Å². The summed E-state index contributed by atoms with van der Waals surface area (Å²) in [5.74, 6) is -0.868. The SMILES string of the molecule is CC(=O)c1cc2cc(C)c(C)cc2s1.CCOC(=O)C(C)(O)CC(=O)c1cc2cc(C)c(C)cc2s1. The smallest absolute Gasteiger partial charge is 0.338 e. The standard InChI is InChI=1S/C17H20O4S.C12H12OS/c1-5-21-16(19)17(4,20)9-13(18)15-8-12-6-10(2)11(3)7-14(12)22-15;1-7-4-10-6-11(9(3)13)14-12(10)5-8(7)2/h6-8,20H,5,9H2,1-4H3;4-6H,1-3H3. The van der Waals surface area contributed by atoms with Gasteiger partial charge in [0, 0.05) is 9.40 Å². The third-order valence-electron chi connectivity index (χ3n) is 6.11. The molecule has 190 valence electrons. The van der Waals surface area contributed by atoms with E-state index in [1.54, 1.807) is 25.2 Å². The Morgan fingerprint density at radius 3 is 1.72 bits per heavy atom. The van der Waals surface area contributed by atoms with Gasteiger partial charge >= 0.3 is 5.97 Å². The van der Waals surface area contributed by atoms with Gasteiger partial charge in [0.05, 0.1) is 22.8 Å². The Kier molecular flexibility index (Phi) is 8.49. The molecule has 7 heteroatoms. The van der Waals surface area contributed by atoms with Crippen molar-refractivity contribution in [3.8, 4) is 0 Å². The van der Waals surface area contributed by atoms with Crippen molar-refractivity contribution in [1.82, 2.24) is 0 Å². The second-order valence-electron chi connectivity index (χ2n) is 9.32. The van der Waals surface area contributed by atoms with Crippen LogP contribution in [0, 0.1) is 27.7 Å². The minimum Gasteiger partial charge on any atom is -0.464 e. The van der Waals surface area contributed by atoms with Crippen molar-refractivity contribution in [2.75, 3.05) is 6.61 Å². The summed E-state index contributed by atoms with van der Waals surface area (Å²) in [5, 5.41) is 12.3. The Labute approximate surface area is 219 Å². The van der Waals surface area contributed by atoms with Crippen molar-refractivity contribution >= 4 is 60.4 Å². The summed E-state index contributed by atoms with van der Waals surface area (Å²) in [6.45, 7) is 13.0. The lowest BCUT2D eigenvalue weighted by Crippen LogP contribution is -2.39. The Morgan fingerprint density at radius 1 is 0.806 bits per heavy atom. The number of rotatable bonds is 6. The zero-order chi connectivity index (χ0) is 26.8. The molecule has 2 aromatic carbocycles. The molecule has 0 fully saturated rings. The average Bonchev–Trinajstić information content (AvgIpc) is 3.39. The summed E-state index contributed by atoms with van der Waals surface area (Å²) in [7, 11) is 0. The number of carbonyl (C=O) groups is 3. The molecule has 4 rings (SSSR count). The summed E-state index contributed by atoms with van der Waals surface area (Å²) >= 11 is 2.96. The summed E-state index contributed by atoms with van der Waals surface area (Å²) in [6.07, 6.45) is -0.281. The van der Waals surface area contributed by atoms with Crippen LogP contribution in [0.25, 0.3) is 20.2 Å². The molecule has 1 unspecified atom stereocenters. The Hall–Kier alpha value is -2.87. The molecule has 0 bridgehead atoms. The fourth-order valence-electron chi connectivity index (χ4n) is 3.67. The number of benzene rings is 2. The lowest BCUT2D eigenvalue weighted by atomic mass is 9.98. The van der Waals surface area contributed by atoms with Gasteiger partial charge in [0.25, 0.3) is 0 Å². The largest absolute Gasteiger partial charge is 0.464 e. The van der Waals surface area contributed by atoms with E-state index >= 15 is 0 Å². The predicted octanol–water partition coefficient (Wildman–Crippen LogP) is 7.13. The van der Waals surface area contributed by atoms with Crippen LogP contribution in [0.2, 0.25) is 0 Å². The van der Waals surface area contributed by atoms with Crippen molar-refractivity contribution in [3.63, 3.8) is 0 Å². The molecule has 0 saturated heterocycles. The molecule has 0 saturated carbocycles. The number of aliphatic hydroxyl groups is 1. The monoisotopic (exact) mass is 524 g/mol. The van der Waals surface area contributed by atoms with E-state index in [1.807, 2.05) is 32.0 Å². The number of esters is 1. The summed E-state index contributed by atoms with van der Waals surface area (Å²) in [4.78, 5) is 36.6. The fourth-order valence-corrected chi connectivity index (χ4v) is 5.79. The molecule has 0 radical (unpaired) electrons. The maximum absolute atomic E-state index is 12.4. The van der Waals surface area contributed by atoms with Gasteiger partial charge in [-0.05, 0) is 106 Å². The normalized spacial score (nSPS) is 12.7. The maximum atomic E-state index is 12.4. The molecule has 0 amide bonds. The van der Waals surface area contributed by atoms with Crippen LogP contribution < -0.4 is 0 Å². The number of thiophene rings is 2. The number of fused-ring (bicyclic) bond motifs is 2. The highest BCUT2D eigenvalue weighted by molar-refractivity contribution is 7.21. The number of hydrogen-bond acceptors (Lipinski definition) is 7. The second kappa shape index (κ2) is 11.0. The van der Waals surface area contributed by atoms with Crippen LogP contribution in [0.15, 0.2) is 36.4 Å². The van der Waals surface area contributed by atoms with Gasteiger partial charge in [0.2, 0.25) is 0 Å². The van der Waals surface area contributed by atoms with Crippen molar-refractivity contribution in [3.05, 3.63) is 68.4 Å². The Bertz CT molecular complexity index is 1380. The third-order valence-corrected chi connectivity index (χ3v) is 8.44. The molecular formula is C29H32O5S2. The van der Waals surface area contributed by atoms with Crippen LogP contribution in [0.5, 0.6) is 0 Å². The second-order valence-corrected chi connectivity index (χ2v) is 11.5. The number of ketones is 2. The number of ether oxygens (including phenoxy) is 1. The van der Waals surface area contributed by atoms with Gasteiger partial charge in [-0.1, -0.05) is 12.1 Å². The van der Waals surface area contributed by atoms with Crippen molar-refractivity contribution in [2.24, 2.45) is 0 Å². The van der Waals surface area contributed by atoms with Crippen LogP contribution in [-0.4, -0.2) is 34.9 Å². The van der Waals surface area contributed by atoms with Gasteiger partial charge in [0.1, 0.15) is 0 Å². The molecular weight excluding hydrogens is 492 g/mol. The van der Waals surface area contributed by atoms with E-state index < -0.39 is 11.6 Å². The fraction of sp³-hybridized carbons (Fsp3) is 0.345. The number of hydrogen-bond donors (Lipinski definition) is 1. The Balaban J connectivity index is 0.000000221. The van der Waals surface area contributed by atoms with Crippen molar-refractivity contribution < 1.29 is 24.2 Å². The molecule has 36 heavy (non-hydrogen) atoms. The van der Waals surface area contributed by atoms with E-state index in [1.165, 1.54) is 50.6 Å². The van der Waals surface area contributed by atoms with Gasteiger partial charge in [0.15, 0.2) is 17.2 Å². The minimum atomic E-state index is -1.80. The first-order valence-electron chi connectivity index (χ1n) is 11.8. The van der Waals surface area contributed by atoms with Gasteiger partial charge in [-0.15, -0.1) is 22.7 Å². The number of carbonyl (C=O) groups excluding carboxylic acids is 3. The molecule has 0 aliphatic carbocycles. The average molecular weight is 525 g/mol. The first-order valence-corrected chi connectivity index (χ1v) is 13.4. The molecule has 2 heterocycles. The van der Waals surface area contributed by atoms with Crippen molar-refractivity contribution in [1.29, 1.82) is 0 Å². The van der Waals surface area contributed by atoms with Gasteiger partial charge < -0.3 is 9.84 Å². The Morgan fingerprint density at radius 2 is 1.25 bits per heavy atom. The lowest BCUT2D eigenvalue weighted by Gasteiger charge is -2.19. The zero-order valence-electron chi connectivity index (χ0n) is 21.8. The van der Waals surface area contributed by atoms with Gasteiger partial charge in [-0.2, -0.15) is 0 Å². The summed E-state index contributed by atoms with van der Waals surface area (Å²) < 4.78 is 7.03. The molecule has 0 spiro atoms. The molecule has 0 aliphatic heterocycles. The minimum absolute atomic E-state index is 0.154. The molecule has 4 aromatic rings. The van der Waals surface area contributed by atoms with E-state index in [0.717, 1.165) is 15.0 Å². The van der Waals surface area contributed by atoms with E-state index in [9.17, 15) is 19.5 Å². The highest BCUT2D eigenvalue weighted by atomic mass is 32.1. The van der Waals surface area contributed by atoms with E-state index in [-0.39, 0.29) is 24.6 Å². The van der Waals surface area contributed by atoms with E-state index in [0.29, 0.717) is 4.88 Å². The molecule has 5 nitrogen and oxygen atoms in total. The van der Waals surface area contributed by atoms with Crippen LogP contribution in [-0.2, 0) is 9.53 Å². The maximum Gasteiger partial charge on any atom is 0.338 e. The van der Waals surface area contributed by atoms with Crippen LogP contribution in [0.3, 0.4) is 0 Å². The molecule has 1 atom stereocenters. The molecule has 1 N–H and O–H groups in total. The summed E-state index contributed by atoms with van der Waals surface area (Å²) in [5.41, 5.74) is 3.12. The van der Waals surface area contributed by atoms with E-state index in [4.69, 9.17) is 4.74 Å². The topological polar surface area (TPSA) is 80.7 Å². The molecule has 0 aliphatic rings. The lowest BCUT2D eigenvalue weighted by molar-refractivity contribution is -0.162. The highest BCUT2D eigenvalue weighted by Gasteiger charge is 2.35. The van der Waals surface area contributed by atoms with Crippen LogP contribution in [0.1, 0.15) is 68.8 Å². The quantitative estimate of drug-likeness (QED) is 0.214. The number of aryl methyl sites for hydroxylation is 4. The third kappa shape index (κ3) is 6.27.